The Balaban J connectivity index is 1.35. The first-order valence-corrected chi connectivity index (χ1v) is 12.2. The Bertz CT molecular complexity index is 1230. The van der Waals surface area contributed by atoms with E-state index in [-0.39, 0.29) is 23.2 Å². The lowest BCUT2D eigenvalue weighted by Gasteiger charge is -2.59. The van der Waals surface area contributed by atoms with Crippen LogP contribution < -0.4 is 5.32 Å². The summed E-state index contributed by atoms with van der Waals surface area (Å²) >= 11 is 0. The molecule has 1 N–H and O–H groups in total. The number of pyridine rings is 1. The molecule has 1 aromatic carbocycles. The number of halogens is 1. The molecule has 2 heterocycles. The number of carbonyl (C=O) groups excluding carboxylic acids is 1. The van der Waals surface area contributed by atoms with E-state index in [2.05, 4.69) is 22.3 Å². The van der Waals surface area contributed by atoms with Crippen LogP contribution in [0.2, 0.25) is 0 Å². The van der Waals surface area contributed by atoms with E-state index in [0.29, 0.717) is 16.9 Å². The number of nitrogens with one attached hydrogen (secondary N) is 1. The van der Waals surface area contributed by atoms with E-state index in [4.69, 9.17) is 0 Å². The van der Waals surface area contributed by atoms with Crippen molar-refractivity contribution in [2.45, 2.75) is 65.3 Å². The summed E-state index contributed by atoms with van der Waals surface area (Å²) < 4.78 is 15.5. The molecule has 1 unspecified atom stereocenters. The van der Waals surface area contributed by atoms with Crippen LogP contribution in [-0.4, -0.2) is 26.7 Å². The summed E-state index contributed by atoms with van der Waals surface area (Å²) in [6, 6.07) is 8.29. The van der Waals surface area contributed by atoms with Gasteiger partial charge in [-0.1, -0.05) is 6.07 Å². The van der Waals surface area contributed by atoms with E-state index in [1.54, 1.807) is 16.8 Å². The third kappa shape index (κ3) is 3.37. The predicted molar refractivity (Wildman–Crippen MR) is 126 cm³/mol. The summed E-state index contributed by atoms with van der Waals surface area (Å²) in [7, 11) is 0. The van der Waals surface area contributed by atoms with Crippen molar-refractivity contribution in [3.63, 3.8) is 0 Å². The van der Waals surface area contributed by atoms with Crippen molar-refractivity contribution in [3.8, 4) is 5.69 Å². The first-order valence-electron chi connectivity index (χ1n) is 12.2. The van der Waals surface area contributed by atoms with Crippen molar-refractivity contribution in [3.05, 3.63) is 53.1 Å². The van der Waals surface area contributed by atoms with Gasteiger partial charge >= 0.3 is 0 Å². The highest BCUT2D eigenvalue weighted by molar-refractivity contribution is 6.07. The average Bonchev–Trinajstić information content (AvgIpc) is 3.08. The van der Waals surface area contributed by atoms with Crippen LogP contribution in [0.1, 0.15) is 67.2 Å². The van der Waals surface area contributed by atoms with Crippen molar-refractivity contribution in [1.82, 2.24) is 20.1 Å². The molecule has 0 radical (unpaired) electrons. The summed E-state index contributed by atoms with van der Waals surface area (Å²) in [5.41, 5.74) is 3.49. The second-order valence-electron chi connectivity index (χ2n) is 11.0. The molecule has 6 heteroatoms. The van der Waals surface area contributed by atoms with E-state index in [1.165, 1.54) is 50.7 Å². The highest BCUT2D eigenvalue weighted by Gasteiger charge is 2.53. The second-order valence-corrected chi connectivity index (χ2v) is 11.0. The Hall–Kier alpha value is -2.76. The van der Waals surface area contributed by atoms with Gasteiger partial charge < -0.3 is 5.32 Å². The lowest BCUT2D eigenvalue weighted by Crippen LogP contribution is -2.55. The standard InChI is InChI=1S/C27H31FN4O/c1-15-7-23(24-16(2)31-32(25(24)29-15)22-6-4-5-21(28)11-22)26(33)30-17(3)27-12-18-8-19(13-27)10-20(9-18)14-27/h4-7,11,17-20H,8-10,12-14H2,1-3H3,(H,30,33). The van der Waals surface area contributed by atoms with Crippen molar-refractivity contribution in [2.75, 3.05) is 0 Å². The molecule has 4 fully saturated rings. The minimum Gasteiger partial charge on any atom is -0.349 e. The molecule has 4 aliphatic rings. The molecule has 5 nitrogen and oxygen atoms in total. The van der Waals surface area contributed by atoms with Crippen LogP contribution in [-0.2, 0) is 0 Å². The maximum atomic E-state index is 13.9. The molecule has 4 saturated carbocycles. The number of carbonyl (C=O) groups is 1. The fraction of sp³-hybridized carbons (Fsp3) is 0.519. The van der Waals surface area contributed by atoms with Gasteiger partial charge in [0.1, 0.15) is 5.82 Å². The van der Waals surface area contributed by atoms with Crippen molar-refractivity contribution in [2.24, 2.45) is 23.2 Å². The molecular formula is C27H31FN4O. The monoisotopic (exact) mass is 446 g/mol. The highest BCUT2D eigenvalue weighted by atomic mass is 19.1. The van der Waals surface area contributed by atoms with Crippen LogP contribution in [0.15, 0.2) is 30.3 Å². The molecule has 1 atom stereocenters. The lowest BCUT2D eigenvalue weighted by molar-refractivity contribution is -0.0687. The number of aryl methyl sites for hydroxylation is 2. The molecule has 33 heavy (non-hydrogen) atoms. The third-order valence-corrected chi connectivity index (χ3v) is 8.59. The molecule has 172 valence electrons. The predicted octanol–water partition coefficient (Wildman–Crippen LogP) is 5.51. The van der Waals surface area contributed by atoms with E-state index in [1.807, 2.05) is 19.9 Å². The molecule has 1 amide bonds. The molecule has 4 bridgehead atoms. The summed E-state index contributed by atoms with van der Waals surface area (Å²) in [5.74, 6) is 2.14. The Morgan fingerprint density at radius 3 is 2.42 bits per heavy atom. The molecule has 3 aromatic rings. The van der Waals surface area contributed by atoms with E-state index < -0.39 is 0 Å². The second kappa shape index (κ2) is 7.37. The van der Waals surface area contributed by atoms with E-state index in [0.717, 1.165) is 34.5 Å². The Morgan fingerprint density at radius 2 is 1.79 bits per heavy atom. The molecule has 0 aliphatic heterocycles. The normalized spacial score (nSPS) is 28.9. The largest absolute Gasteiger partial charge is 0.349 e. The van der Waals surface area contributed by atoms with Gasteiger partial charge in [-0.15, -0.1) is 0 Å². The van der Waals surface area contributed by atoms with Gasteiger partial charge in [0.05, 0.1) is 22.3 Å². The maximum absolute atomic E-state index is 13.9. The van der Waals surface area contributed by atoms with Crippen LogP contribution in [0, 0.1) is 42.8 Å². The summed E-state index contributed by atoms with van der Waals surface area (Å²) in [4.78, 5) is 18.3. The number of amides is 1. The van der Waals surface area contributed by atoms with Crippen molar-refractivity contribution >= 4 is 16.9 Å². The molecular weight excluding hydrogens is 415 g/mol. The number of benzene rings is 1. The van der Waals surface area contributed by atoms with Gasteiger partial charge in [-0.3, -0.25) is 4.79 Å². The zero-order chi connectivity index (χ0) is 22.9. The van der Waals surface area contributed by atoms with Crippen LogP contribution in [0.5, 0.6) is 0 Å². The molecule has 0 spiro atoms. The smallest absolute Gasteiger partial charge is 0.252 e. The summed E-state index contributed by atoms with van der Waals surface area (Å²) in [6.07, 6.45) is 7.93. The average molecular weight is 447 g/mol. The zero-order valence-corrected chi connectivity index (χ0v) is 19.6. The van der Waals surface area contributed by atoms with Crippen LogP contribution in [0.4, 0.5) is 4.39 Å². The Morgan fingerprint density at radius 1 is 1.12 bits per heavy atom. The number of nitrogens with zero attached hydrogens (tertiary/aromatic N) is 3. The summed E-state index contributed by atoms with van der Waals surface area (Å²) in [5, 5.41) is 8.76. The number of rotatable bonds is 4. The lowest BCUT2D eigenvalue weighted by atomic mass is 9.48. The van der Waals surface area contributed by atoms with Crippen molar-refractivity contribution in [1.29, 1.82) is 0 Å². The third-order valence-electron chi connectivity index (χ3n) is 8.59. The fourth-order valence-electron chi connectivity index (χ4n) is 7.52. The van der Waals surface area contributed by atoms with Gasteiger partial charge in [0.2, 0.25) is 0 Å². The molecule has 0 saturated heterocycles. The van der Waals surface area contributed by atoms with Gasteiger partial charge in [0.15, 0.2) is 5.65 Å². The summed E-state index contributed by atoms with van der Waals surface area (Å²) in [6.45, 7) is 5.98. The maximum Gasteiger partial charge on any atom is 0.252 e. The fourth-order valence-corrected chi connectivity index (χ4v) is 7.52. The highest BCUT2D eigenvalue weighted by Crippen LogP contribution is 2.61. The topological polar surface area (TPSA) is 59.8 Å². The molecule has 4 aliphatic carbocycles. The Labute approximate surface area is 193 Å². The number of fused-ring (bicyclic) bond motifs is 1. The first kappa shape index (κ1) is 20.8. The van der Waals surface area contributed by atoms with Gasteiger partial charge in [-0.05, 0) is 107 Å². The SMILES string of the molecule is Cc1cc(C(=O)NC(C)C23CC4CC(CC(C4)C2)C3)c2c(C)nn(-c3cccc(F)c3)c2n1. The van der Waals surface area contributed by atoms with Gasteiger partial charge in [-0.25, -0.2) is 14.1 Å². The van der Waals surface area contributed by atoms with Crippen LogP contribution >= 0.6 is 0 Å². The van der Waals surface area contributed by atoms with E-state index >= 15 is 0 Å². The van der Waals surface area contributed by atoms with Crippen LogP contribution in [0.3, 0.4) is 0 Å². The van der Waals surface area contributed by atoms with Crippen molar-refractivity contribution < 1.29 is 9.18 Å². The van der Waals surface area contributed by atoms with Gasteiger partial charge in [0.25, 0.3) is 5.91 Å². The number of hydrogen-bond donors (Lipinski definition) is 1. The quantitative estimate of drug-likeness (QED) is 0.575. The first-order chi connectivity index (χ1) is 15.8. The zero-order valence-electron chi connectivity index (χ0n) is 19.6. The van der Waals surface area contributed by atoms with E-state index in [9.17, 15) is 9.18 Å². The number of aromatic nitrogens is 3. The Kier molecular flexibility index (Phi) is 4.65. The van der Waals surface area contributed by atoms with Gasteiger partial charge in [-0.2, -0.15) is 5.10 Å². The minimum atomic E-state index is -0.330. The molecule has 2 aromatic heterocycles. The minimum absolute atomic E-state index is 0.0596. The van der Waals surface area contributed by atoms with Crippen LogP contribution in [0.25, 0.3) is 16.7 Å². The molecule has 7 rings (SSSR count). The van der Waals surface area contributed by atoms with Gasteiger partial charge in [0, 0.05) is 11.7 Å². The number of hydrogen-bond acceptors (Lipinski definition) is 3.